The zero-order valence-corrected chi connectivity index (χ0v) is 15.9. The average molecular weight is 412 g/mol. The Labute approximate surface area is 174 Å². The van der Waals surface area contributed by atoms with Crippen molar-refractivity contribution in [3.63, 3.8) is 0 Å². The van der Waals surface area contributed by atoms with E-state index in [2.05, 4.69) is 42.0 Å². The van der Waals surface area contributed by atoms with E-state index in [4.69, 9.17) is 10.5 Å². The topological polar surface area (TPSA) is 150 Å². The predicted molar refractivity (Wildman–Crippen MR) is 108 cm³/mol. The highest BCUT2D eigenvalue weighted by atomic mass is 16.5. The molecule has 0 aliphatic carbocycles. The second-order valence-electron chi connectivity index (χ2n) is 6.54. The van der Waals surface area contributed by atoms with E-state index in [0.29, 0.717) is 29.5 Å². The molecule has 0 aliphatic rings. The molecular weight excluding hydrogens is 398 g/mol. The fraction of sp³-hybridized carbons (Fsp3) is 0.0500. The molecule has 1 amide bonds. The Morgan fingerprint density at radius 2 is 2.00 bits per heavy atom. The molecule has 11 nitrogen and oxygen atoms in total. The smallest absolute Gasteiger partial charge is 0.252 e. The number of benzene rings is 1. The number of aromatic amines is 1. The van der Waals surface area contributed by atoms with E-state index in [9.17, 15) is 4.79 Å². The molecule has 11 heteroatoms. The van der Waals surface area contributed by atoms with Crippen molar-refractivity contribution < 1.29 is 9.53 Å². The number of primary amides is 1. The summed E-state index contributed by atoms with van der Waals surface area (Å²) in [5.41, 5.74) is 9.20. The molecule has 0 saturated heterocycles. The van der Waals surface area contributed by atoms with Crippen molar-refractivity contribution in [1.29, 1.82) is 0 Å². The van der Waals surface area contributed by atoms with Crippen LogP contribution >= 0.6 is 0 Å². The summed E-state index contributed by atoms with van der Waals surface area (Å²) in [5.74, 6) is 0.564. The van der Waals surface area contributed by atoms with E-state index >= 15 is 0 Å². The van der Waals surface area contributed by atoms with Gasteiger partial charge in [-0.25, -0.2) is 9.50 Å². The monoisotopic (exact) mass is 412 g/mol. The van der Waals surface area contributed by atoms with Gasteiger partial charge in [0.25, 0.3) is 5.91 Å². The van der Waals surface area contributed by atoms with Gasteiger partial charge in [-0.2, -0.15) is 5.21 Å². The molecule has 31 heavy (non-hydrogen) atoms. The lowest BCUT2D eigenvalue weighted by atomic mass is 10.1. The number of carbonyl (C=O) groups excluding carboxylic acids is 1. The molecule has 1 radical (unpaired) electrons. The maximum Gasteiger partial charge on any atom is 0.252 e. The Hall–Kier alpha value is -4.67. The highest BCUT2D eigenvalue weighted by molar-refractivity contribution is 5.99. The Kier molecular flexibility index (Phi) is 4.52. The van der Waals surface area contributed by atoms with Gasteiger partial charge in [-0.05, 0) is 47.7 Å². The molecule has 5 rings (SSSR count). The molecule has 0 fully saturated rings. The van der Waals surface area contributed by atoms with Gasteiger partial charge >= 0.3 is 0 Å². The molecular formula is C20H14N9O2. The third-order valence-corrected chi connectivity index (χ3v) is 4.60. The number of nitrogens with one attached hydrogen (secondary N) is 1. The van der Waals surface area contributed by atoms with E-state index in [1.165, 1.54) is 4.52 Å². The number of tetrazole rings is 1. The molecule has 1 aromatic carbocycles. The number of hydrogen-bond acceptors (Lipinski definition) is 8. The first-order valence-corrected chi connectivity index (χ1v) is 9.16. The summed E-state index contributed by atoms with van der Waals surface area (Å²) in [6.45, 7) is 0.356. The van der Waals surface area contributed by atoms with E-state index < -0.39 is 5.91 Å². The summed E-state index contributed by atoms with van der Waals surface area (Å²) < 4.78 is 7.38. The summed E-state index contributed by atoms with van der Waals surface area (Å²) in [6, 6.07) is 14.6. The minimum absolute atomic E-state index is 0.288. The van der Waals surface area contributed by atoms with E-state index in [1.807, 2.05) is 36.4 Å². The zero-order valence-electron chi connectivity index (χ0n) is 15.9. The maximum atomic E-state index is 11.6. The van der Waals surface area contributed by atoms with Gasteiger partial charge in [-0.3, -0.25) is 9.78 Å². The molecule has 0 bridgehead atoms. The summed E-state index contributed by atoms with van der Waals surface area (Å²) in [6.07, 6.45) is 4.22. The summed E-state index contributed by atoms with van der Waals surface area (Å²) >= 11 is 0. The molecule has 0 unspecified atom stereocenters. The van der Waals surface area contributed by atoms with Gasteiger partial charge < -0.3 is 10.5 Å². The lowest BCUT2D eigenvalue weighted by Gasteiger charge is -2.09. The largest absolute Gasteiger partial charge is 0.489 e. The standard InChI is InChI=1S/C20H14N9O2/c21-18(30)15-6-8-17(29-20(15)23-11-24-29)13-2-4-14(5-3-13)31-10-12-1-7-16(22-9-12)19-25-27-28-26-19/h1-9H,10H2,(H2,21,30)(H,25,26,27,28). The number of amides is 1. The third kappa shape index (κ3) is 3.55. The van der Waals surface area contributed by atoms with Crippen LogP contribution in [0.2, 0.25) is 0 Å². The SMILES string of the molecule is NC(=O)c1ccc(-c2ccc(OCc3ccc(-c4nn[nH]n4)nc3)cc2)n2n[c]nc12. The summed E-state index contributed by atoms with van der Waals surface area (Å²) in [5, 5.41) is 17.8. The van der Waals surface area contributed by atoms with Crippen LogP contribution < -0.4 is 10.5 Å². The number of ether oxygens (including phenoxy) is 1. The highest BCUT2D eigenvalue weighted by Gasteiger charge is 2.13. The molecule has 0 spiro atoms. The van der Waals surface area contributed by atoms with Gasteiger partial charge in [0.05, 0.1) is 11.3 Å². The van der Waals surface area contributed by atoms with Gasteiger partial charge in [0.15, 0.2) is 5.65 Å². The van der Waals surface area contributed by atoms with Crippen LogP contribution in [0.4, 0.5) is 0 Å². The van der Waals surface area contributed by atoms with Crippen molar-refractivity contribution in [1.82, 2.24) is 40.2 Å². The molecule has 0 aliphatic heterocycles. The Balaban J connectivity index is 1.31. The van der Waals surface area contributed by atoms with Crippen LogP contribution in [0, 0.1) is 6.33 Å². The molecule has 151 valence electrons. The molecule has 5 aromatic rings. The first-order valence-electron chi connectivity index (χ1n) is 9.16. The number of nitrogens with zero attached hydrogens (tertiary/aromatic N) is 7. The fourth-order valence-corrected chi connectivity index (χ4v) is 3.07. The minimum Gasteiger partial charge on any atom is -0.489 e. The molecule has 4 heterocycles. The lowest BCUT2D eigenvalue weighted by molar-refractivity contribution is 0.100. The van der Waals surface area contributed by atoms with Crippen molar-refractivity contribution in [2.45, 2.75) is 6.61 Å². The van der Waals surface area contributed by atoms with Crippen LogP contribution in [0.5, 0.6) is 5.75 Å². The minimum atomic E-state index is -0.568. The number of carbonyl (C=O) groups is 1. The lowest BCUT2D eigenvalue weighted by Crippen LogP contribution is -2.13. The van der Waals surface area contributed by atoms with Crippen LogP contribution in [0.15, 0.2) is 54.7 Å². The van der Waals surface area contributed by atoms with E-state index in [0.717, 1.165) is 16.8 Å². The van der Waals surface area contributed by atoms with Crippen LogP contribution in [0.25, 0.3) is 28.4 Å². The van der Waals surface area contributed by atoms with Gasteiger partial charge in [0.2, 0.25) is 12.2 Å². The zero-order chi connectivity index (χ0) is 21.2. The number of rotatable bonds is 6. The normalized spacial score (nSPS) is 11.0. The van der Waals surface area contributed by atoms with Crippen LogP contribution in [-0.2, 0) is 6.61 Å². The molecule has 4 aromatic heterocycles. The maximum absolute atomic E-state index is 11.6. The fourth-order valence-electron chi connectivity index (χ4n) is 3.07. The second kappa shape index (κ2) is 7.63. The van der Waals surface area contributed by atoms with Crippen molar-refractivity contribution in [3.8, 4) is 28.5 Å². The van der Waals surface area contributed by atoms with Crippen molar-refractivity contribution in [3.05, 3.63) is 72.2 Å². The average Bonchev–Trinajstić information content (AvgIpc) is 3.50. The number of H-pyrrole nitrogens is 1. The number of hydrogen-bond donors (Lipinski definition) is 2. The van der Waals surface area contributed by atoms with Gasteiger partial charge in [0.1, 0.15) is 18.1 Å². The number of pyridine rings is 2. The van der Waals surface area contributed by atoms with Crippen molar-refractivity contribution >= 4 is 11.6 Å². The first-order chi connectivity index (χ1) is 15.2. The Morgan fingerprint density at radius 1 is 1.13 bits per heavy atom. The van der Waals surface area contributed by atoms with Crippen molar-refractivity contribution in [2.24, 2.45) is 5.73 Å². The molecule has 0 saturated carbocycles. The van der Waals surface area contributed by atoms with Gasteiger partial charge in [0, 0.05) is 17.3 Å². The number of aromatic nitrogens is 8. The number of nitrogens with two attached hydrogens (primary N) is 1. The Morgan fingerprint density at radius 3 is 2.71 bits per heavy atom. The highest BCUT2D eigenvalue weighted by Crippen LogP contribution is 2.24. The summed E-state index contributed by atoms with van der Waals surface area (Å²) in [4.78, 5) is 19.9. The summed E-state index contributed by atoms with van der Waals surface area (Å²) in [7, 11) is 0. The molecule has 3 N–H and O–H groups in total. The van der Waals surface area contributed by atoms with Gasteiger partial charge in [-0.1, -0.05) is 6.07 Å². The quantitative estimate of drug-likeness (QED) is 0.425. The van der Waals surface area contributed by atoms with E-state index in [1.54, 1.807) is 18.3 Å². The predicted octanol–water partition coefficient (Wildman–Crippen LogP) is 1.45. The second-order valence-corrected chi connectivity index (χ2v) is 6.54. The number of fused-ring (bicyclic) bond motifs is 1. The van der Waals surface area contributed by atoms with Crippen LogP contribution in [-0.4, -0.2) is 46.1 Å². The Bertz CT molecular complexity index is 1340. The third-order valence-electron chi connectivity index (χ3n) is 4.60. The first kappa shape index (κ1) is 18.4. The van der Waals surface area contributed by atoms with Crippen LogP contribution in [0.1, 0.15) is 15.9 Å². The van der Waals surface area contributed by atoms with Gasteiger partial charge in [-0.15, -0.1) is 15.3 Å². The van der Waals surface area contributed by atoms with Crippen LogP contribution in [0.3, 0.4) is 0 Å². The van der Waals surface area contributed by atoms with Crippen molar-refractivity contribution in [2.75, 3.05) is 0 Å². The molecule has 0 atom stereocenters. The van der Waals surface area contributed by atoms with E-state index in [-0.39, 0.29) is 5.56 Å².